The number of carbonyl (C=O) groups is 1. The molecule has 0 aromatic carbocycles. The Labute approximate surface area is 146 Å². The largest absolute Gasteiger partial charge is 0.363 e. The highest BCUT2D eigenvalue weighted by Gasteiger charge is 2.28. The van der Waals surface area contributed by atoms with E-state index in [4.69, 9.17) is 11.6 Å². The molecule has 2 atom stereocenters. The van der Waals surface area contributed by atoms with Gasteiger partial charge in [0.15, 0.2) is 0 Å². The lowest BCUT2D eigenvalue weighted by Gasteiger charge is -2.32. The number of pyridine rings is 1. The van der Waals surface area contributed by atoms with E-state index in [1.807, 2.05) is 35.9 Å². The topological polar surface area (TPSA) is 63.1 Å². The van der Waals surface area contributed by atoms with Crippen LogP contribution in [-0.4, -0.2) is 40.8 Å². The molecule has 0 spiro atoms. The van der Waals surface area contributed by atoms with Crippen molar-refractivity contribution >= 4 is 23.3 Å². The molecule has 2 aromatic heterocycles. The van der Waals surface area contributed by atoms with Crippen molar-refractivity contribution in [1.82, 2.24) is 20.1 Å². The summed E-state index contributed by atoms with van der Waals surface area (Å²) in [6, 6.07) is 5.55. The smallest absolute Gasteiger partial charge is 0.251 e. The Bertz CT molecular complexity index is 701. The third-order valence-corrected chi connectivity index (χ3v) is 4.61. The van der Waals surface area contributed by atoms with Crippen molar-refractivity contribution in [2.75, 3.05) is 19.0 Å². The maximum Gasteiger partial charge on any atom is 0.251 e. The van der Waals surface area contributed by atoms with Crippen molar-refractivity contribution in [3.8, 4) is 0 Å². The molecule has 0 bridgehead atoms. The summed E-state index contributed by atoms with van der Waals surface area (Å²) >= 11 is 6.06. The predicted molar refractivity (Wildman–Crippen MR) is 94.6 cm³/mol. The van der Waals surface area contributed by atoms with Crippen LogP contribution in [0.1, 0.15) is 42.1 Å². The third kappa shape index (κ3) is 3.70. The van der Waals surface area contributed by atoms with Crippen LogP contribution in [0.4, 0.5) is 5.82 Å². The van der Waals surface area contributed by atoms with Gasteiger partial charge < -0.3 is 10.2 Å². The van der Waals surface area contributed by atoms with Gasteiger partial charge in [-0.15, -0.1) is 0 Å². The molecule has 0 unspecified atom stereocenters. The van der Waals surface area contributed by atoms with Gasteiger partial charge in [0.05, 0.1) is 12.1 Å². The molecule has 2 aromatic rings. The average molecular weight is 348 g/mol. The number of carbonyl (C=O) groups excluding carboxylic acids is 1. The van der Waals surface area contributed by atoms with Crippen LogP contribution in [0.3, 0.4) is 0 Å². The molecule has 0 radical (unpaired) electrons. The quantitative estimate of drug-likeness (QED) is 0.864. The normalized spacial score (nSPS) is 20.6. The summed E-state index contributed by atoms with van der Waals surface area (Å²) < 4.78 is 1.95. The van der Waals surface area contributed by atoms with Crippen LogP contribution in [0.15, 0.2) is 30.6 Å². The minimum Gasteiger partial charge on any atom is -0.363 e. The number of nitrogens with zero attached hydrogens (tertiary/aromatic N) is 4. The molecule has 1 aliphatic carbocycles. The zero-order chi connectivity index (χ0) is 17.1. The lowest BCUT2D eigenvalue weighted by Crippen LogP contribution is -2.43. The lowest BCUT2D eigenvalue weighted by molar-refractivity contribution is 0.0905. The molecule has 0 saturated heterocycles. The number of anilines is 1. The Morgan fingerprint density at radius 1 is 1.33 bits per heavy atom. The minimum atomic E-state index is -0.119. The van der Waals surface area contributed by atoms with Gasteiger partial charge in [-0.05, 0) is 31.0 Å². The van der Waals surface area contributed by atoms with Gasteiger partial charge in [0.1, 0.15) is 11.0 Å². The zero-order valence-corrected chi connectivity index (χ0v) is 14.7. The number of rotatable bonds is 4. The van der Waals surface area contributed by atoms with E-state index in [9.17, 15) is 4.79 Å². The Hall–Kier alpha value is -2.08. The van der Waals surface area contributed by atoms with E-state index in [0.717, 1.165) is 25.7 Å². The maximum absolute atomic E-state index is 12.7. The minimum absolute atomic E-state index is 0.0703. The second kappa shape index (κ2) is 7.21. The highest BCUT2D eigenvalue weighted by Crippen LogP contribution is 2.28. The van der Waals surface area contributed by atoms with E-state index < -0.39 is 0 Å². The summed E-state index contributed by atoms with van der Waals surface area (Å²) in [5, 5.41) is 7.83. The number of halogens is 1. The van der Waals surface area contributed by atoms with Crippen LogP contribution in [0.5, 0.6) is 0 Å². The average Bonchev–Trinajstić information content (AvgIpc) is 3.09. The van der Waals surface area contributed by atoms with Crippen molar-refractivity contribution < 1.29 is 4.79 Å². The molecule has 1 amide bonds. The van der Waals surface area contributed by atoms with E-state index in [0.29, 0.717) is 16.5 Å². The SMILES string of the molecule is CN(C)c1cc(C(=O)N[C@@H]2CCCC[C@H]2n2cccn2)cc(Cl)n1. The number of nitrogens with one attached hydrogen (secondary N) is 1. The summed E-state index contributed by atoms with van der Waals surface area (Å²) in [7, 11) is 3.74. The molecular formula is C17H22ClN5O. The fourth-order valence-electron chi connectivity index (χ4n) is 3.17. The first-order valence-electron chi connectivity index (χ1n) is 8.19. The van der Waals surface area contributed by atoms with Gasteiger partial charge in [0.25, 0.3) is 5.91 Å². The third-order valence-electron chi connectivity index (χ3n) is 4.41. The van der Waals surface area contributed by atoms with Gasteiger partial charge in [-0.3, -0.25) is 9.48 Å². The Balaban J connectivity index is 1.78. The van der Waals surface area contributed by atoms with Crippen LogP contribution < -0.4 is 10.2 Å². The predicted octanol–water partition coefficient (Wildman–Crippen LogP) is 2.91. The molecule has 1 N–H and O–H groups in total. The maximum atomic E-state index is 12.7. The van der Waals surface area contributed by atoms with E-state index in [-0.39, 0.29) is 18.0 Å². The Morgan fingerprint density at radius 3 is 2.83 bits per heavy atom. The second-order valence-electron chi connectivity index (χ2n) is 6.35. The molecule has 7 heteroatoms. The fraction of sp³-hybridized carbons (Fsp3) is 0.471. The fourth-order valence-corrected chi connectivity index (χ4v) is 3.37. The van der Waals surface area contributed by atoms with Crippen molar-refractivity contribution in [3.05, 3.63) is 41.3 Å². The van der Waals surface area contributed by atoms with Crippen LogP contribution in [0.25, 0.3) is 0 Å². The molecule has 6 nitrogen and oxygen atoms in total. The molecule has 1 aliphatic rings. The summed E-state index contributed by atoms with van der Waals surface area (Å²) in [6.07, 6.45) is 7.98. The number of amides is 1. The molecular weight excluding hydrogens is 326 g/mol. The van der Waals surface area contributed by atoms with Gasteiger partial charge >= 0.3 is 0 Å². The van der Waals surface area contributed by atoms with Crippen molar-refractivity contribution in [1.29, 1.82) is 0 Å². The van der Waals surface area contributed by atoms with Crippen molar-refractivity contribution in [2.24, 2.45) is 0 Å². The zero-order valence-electron chi connectivity index (χ0n) is 13.9. The first kappa shape index (κ1) is 16.8. The monoisotopic (exact) mass is 347 g/mol. The van der Waals surface area contributed by atoms with Crippen LogP contribution in [0, 0.1) is 0 Å². The number of hydrogen-bond acceptors (Lipinski definition) is 4. The number of aromatic nitrogens is 3. The van der Waals surface area contributed by atoms with Crippen molar-refractivity contribution in [2.45, 2.75) is 37.8 Å². The van der Waals surface area contributed by atoms with Gasteiger partial charge in [0, 0.05) is 32.1 Å². The summed E-state index contributed by atoms with van der Waals surface area (Å²) in [5.41, 5.74) is 0.531. The van der Waals surface area contributed by atoms with E-state index >= 15 is 0 Å². The van der Waals surface area contributed by atoms with Crippen LogP contribution >= 0.6 is 11.6 Å². The Morgan fingerprint density at radius 2 is 2.12 bits per heavy atom. The molecule has 128 valence electrons. The van der Waals surface area contributed by atoms with Crippen LogP contribution in [0.2, 0.25) is 5.15 Å². The number of hydrogen-bond donors (Lipinski definition) is 1. The highest BCUT2D eigenvalue weighted by atomic mass is 35.5. The molecule has 3 rings (SSSR count). The molecule has 24 heavy (non-hydrogen) atoms. The van der Waals surface area contributed by atoms with Crippen molar-refractivity contribution in [3.63, 3.8) is 0 Å². The first-order chi connectivity index (χ1) is 11.5. The first-order valence-corrected chi connectivity index (χ1v) is 8.57. The molecule has 0 aliphatic heterocycles. The van der Waals surface area contributed by atoms with E-state index in [2.05, 4.69) is 15.4 Å². The lowest BCUT2D eigenvalue weighted by atomic mass is 9.90. The standard InChI is InChI=1S/C17H22ClN5O/c1-22(2)16-11-12(10-15(18)21-16)17(24)20-13-6-3-4-7-14(13)23-9-5-8-19-23/h5,8-11,13-14H,3-4,6-7H2,1-2H3,(H,20,24)/t13-,14-/m1/s1. The molecule has 1 saturated carbocycles. The molecule has 2 heterocycles. The molecule has 1 fully saturated rings. The van der Waals surface area contributed by atoms with Gasteiger partial charge in [-0.2, -0.15) is 5.10 Å². The highest BCUT2D eigenvalue weighted by molar-refractivity contribution is 6.29. The summed E-state index contributed by atoms with van der Waals surface area (Å²) in [4.78, 5) is 18.8. The van der Waals surface area contributed by atoms with Gasteiger partial charge in [-0.25, -0.2) is 4.98 Å². The summed E-state index contributed by atoms with van der Waals surface area (Å²) in [6.45, 7) is 0. The second-order valence-corrected chi connectivity index (χ2v) is 6.74. The van der Waals surface area contributed by atoms with Crippen LogP contribution in [-0.2, 0) is 0 Å². The van der Waals surface area contributed by atoms with Gasteiger partial charge in [0.2, 0.25) is 0 Å². The van der Waals surface area contributed by atoms with E-state index in [1.54, 1.807) is 18.3 Å². The van der Waals surface area contributed by atoms with E-state index in [1.165, 1.54) is 0 Å². The Kier molecular flexibility index (Phi) is 5.04. The van der Waals surface area contributed by atoms with Gasteiger partial charge in [-0.1, -0.05) is 24.4 Å². The summed E-state index contributed by atoms with van der Waals surface area (Å²) in [5.74, 6) is 0.548.